The molecule has 0 bridgehead atoms. The summed E-state index contributed by atoms with van der Waals surface area (Å²) in [5.41, 5.74) is 1.65. The zero-order valence-corrected chi connectivity index (χ0v) is 18.5. The van der Waals surface area contributed by atoms with Gasteiger partial charge in [0, 0.05) is 30.2 Å². The highest BCUT2D eigenvalue weighted by atomic mass is 35.5. The Kier molecular flexibility index (Phi) is 5.93. The van der Waals surface area contributed by atoms with Crippen LogP contribution in [0.25, 0.3) is 0 Å². The van der Waals surface area contributed by atoms with Crippen molar-refractivity contribution in [3.8, 4) is 11.5 Å². The molecular formula is C22H20ClN3O4S. The molecule has 4 rings (SSSR count). The zero-order chi connectivity index (χ0) is 22.1. The number of amides is 1. The summed E-state index contributed by atoms with van der Waals surface area (Å²) >= 11 is 7.43. The van der Waals surface area contributed by atoms with Crippen LogP contribution in [0.15, 0.2) is 52.4 Å². The van der Waals surface area contributed by atoms with Crippen molar-refractivity contribution in [3.05, 3.63) is 74.5 Å². The first kappa shape index (κ1) is 21.3. The van der Waals surface area contributed by atoms with Gasteiger partial charge in [-0.2, -0.15) is 4.98 Å². The number of carbonyl (C=O) groups is 1. The maximum absolute atomic E-state index is 13.0. The van der Waals surface area contributed by atoms with Crippen molar-refractivity contribution < 1.29 is 14.6 Å². The second-order valence-corrected chi connectivity index (χ2v) is 8.55. The molecule has 2 N–H and O–H groups in total. The Morgan fingerprint density at radius 2 is 2.10 bits per heavy atom. The number of benzene rings is 2. The van der Waals surface area contributed by atoms with Gasteiger partial charge < -0.3 is 19.7 Å². The largest absolute Gasteiger partial charge is 0.504 e. The van der Waals surface area contributed by atoms with Crippen molar-refractivity contribution in [1.29, 1.82) is 0 Å². The Balaban J connectivity index is 1.71. The van der Waals surface area contributed by atoms with Crippen LogP contribution in [0.2, 0.25) is 5.02 Å². The van der Waals surface area contributed by atoms with Crippen molar-refractivity contribution in [2.75, 3.05) is 12.4 Å². The predicted molar refractivity (Wildman–Crippen MR) is 120 cm³/mol. The van der Waals surface area contributed by atoms with Crippen LogP contribution in [-0.4, -0.2) is 27.7 Å². The molecule has 2 heterocycles. The fourth-order valence-electron chi connectivity index (χ4n) is 3.65. The molecule has 0 saturated heterocycles. The van der Waals surface area contributed by atoms with E-state index in [0.717, 1.165) is 5.56 Å². The summed E-state index contributed by atoms with van der Waals surface area (Å²) in [6, 6.07) is 12.4. The first-order valence-corrected chi connectivity index (χ1v) is 10.9. The van der Waals surface area contributed by atoms with Crippen LogP contribution < -0.4 is 15.6 Å². The number of hydrogen-bond donors (Lipinski definition) is 2. The molecular weight excluding hydrogens is 438 g/mol. The van der Waals surface area contributed by atoms with Gasteiger partial charge in [-0.25, -0.2) is 0 Å². The second-order valence-electron chi connectivity index (χ2n) is 7.18. The number of anilines is 1. The van der Waals surface area contributed by atoms with Crippen LogP contribution in [0, 0.1) is 0 Å². The number of fused-ring (bicyclic) bond motifs is 1. The second kappa shape index (κ2) is 8.64. The van der Waals surface area contributed by atoms with E-state index in [1.165, 1.54) is 24.9 Å². The minimum atomic E-state index is -0.515. The predicted octanol–water partition coefficient (Wildman–Crippen LogP) is 3.91. The SMILES string of the molecule is COc1ccc([C@@H]2CC(=O)Nc3c2c(=O)nc(SCc2cccc(Cl)c2)n3C)cc1O. The number of hydrogen-bond acceptors (Lipinski definition) is 6. The molecule has 0 unspecified atom stereocenters. The maximum atomic E-state index is 13.0. The first-order valence-electron chi connectivity index (χ1n) is 9.52. The number of aromatic hydroxyl groups is 1. The third kappa shape index (κ3) is 4.26. The van der Waals surface area contributed by atoms with Gasteiger partial charge in [0.15, 0.2) is 16.7 Å². The normalized spacial score (nSPS) is 15.3. The van der Waals surface area contributed by atoms with Crippen molar-refractivity contribution in [2.24, 2.45) is 7.05 Å². The number of rotatable bonds is 5. The van der Waals surface area contributed by atoms with Gasteiger partial charge in [0.1, 0.15) is 5.82 Å². The molecule has 7 nitrogen and oxygen atoms in total. The van der Waals surface area contributed by atoms with Gasteiger partial charge in [0.05, 0.1) is 12.7 Å². The van der Waals surface area contributed by atoms with E-state index in [-0.39, 0.29) is 18.1 Å². The monoisotopic (exact) mass is 457 g/mol. The van der Waals surface area contributed by atoms with Gasteiger partial charge in [0.2, 0.25) is 5.91 Å². The summed E-state index contributed by atoms with van der Waals surface area (Å²) in [6.45, 7) is 0. The number of aromatic nitrogens is 2. The van der Waals surface area contributed by atoms with Crippen molar-refractivity contribution in [3.63, 3.8) is 0 Å². The van der Waals surface area contributed by atoms with Crippen LogP contribution in [0.1, 0.15) is 29.0 Å². The summed E-state index contributed by atoms with van der Waals surface area (Å²) in [4.78, 5) is 29.7. The number of halogens is 1. The van der Waals surface area contributed by atoms with Crippen LogP contribution in [-0.2, 0) is 17.6 Å². The highest BCUT2D eigenvalue weighted by Crippen LogP contribution is 2.39. The molecule has 2 aromatic carbocycles. The number of methoxy groups -OCH3 is 1. The molecule has 1 aromatic heterocycles. The quantitative estimate of drug-likeness (QED) is 0.445. The summed E-state index contributed by atoms with van der Waals surface area (Å²) in [6.07, 6.45) is 0.0880. The van der Waals surface area contributed by atoms with Crippen LogP contribution in [0.5, 0.6) is 11.5 Å². The van der Waals surface area contributed by atoms with Crippen LogP contribution >= 0.6 is 23.4 Å². The van der Waals surface area contributed by atoms with E-state index in [1.54, 1.807) is 29.8 Å². The van der Waals surface area contributed by atoms with Gasteiger partial charge in [-0.3, -0.25) is 9.59 Å². The summed E-state index contributed by atoms with van der Waals surface area (Å²) < 4.78 is 6.81. The van der Waals surface area contributed by atoms with Crippen LogP contribution in [0.4, 0.5) is 5.82 Å². The molecule has 0 fully saturated rings. The molecule has 0 aliphatic carbocycles. The molecule has 0 saturated carbocycles. The minimum Gasteiger partial charge on any atom is -0.504 e. The number of nitrogens with one attached hydrogen (secondary N) is 1. The Labute approximate surface area is 188 Å². The Hall–Kier alpha value is -2.97. The van der Waals surface area contributed by atoms with E-state index in [9.17, 15) is 14.7 Å². The van der Waals surface area contributed by atoms with E-state index < -0.39 is 11.5 Å². The lowest BCUT2D eigenvalue weighted by Gasteiger charge is -2.27. The number of carbonyl (C=O) groups excluding carboxylic acids is 1. The maximum Gasteiger partial charge on any atom is 0.279 e. The lowest BCUT2D eigenvalue weighted by molar-refractivity contribution is -0.116. The van der Waals surface area contributed by atoms with Crippen molar-refractivity contribution >= 4 is 35.1 Å². The van der Waals surface area contributed by atoms with Crippen molar-refractivity contribution in [2.45, 2.75) is 23.2 Å². The summed E-state index contributed by atoms with van der Waals surface area (Å²) in [5.74, 6) is 0.543. The first-order chi connectivity index (χ1) is 14.9. The molecule has 0 spiro atoms. The average molecular weight is 458 g/mol. The Bertz CT molecular complexity index is 1230. The van der Waals surface area contributed by atoms with Crippen LogP contribution in [0.3, 0.4) is 0 Å². The summed E-state index contributed by atoms with van der Waals surface area (Å²) in [7, 11) is 3.22. The van der Waals surface area contributed by atoms with E-state index in [1.807, 2.05) is 18.2 Å². The molecule has 3 aromatic rings. The Morgan fingerprint density at radius 3 is 2.81 bits per heavy atom. The molecule has 0 radical (unpaired) electrons. The Morgan fingerprint density at radius 1 is 1.29 bits per heavy atom. The van der Waals surface area contributed by atoms with E-state index in [2.05, 4.69) is 10.3 Å². The number of ether oxygens (including phenoxy) is 1. The van der Waals surface area contributed by atoms with Gasteiger partial charge in [-0.05, 0) is 35.4 Å². The molecule has 1 atom stereocenters. The molecule has 160 valence electrons. The molecule has 1 aliphatic rings. The average Bonchev–Trinajstić information content (AvgIpc) is 2.74. The number of nitrogens with zero attached hydrogens (tertiary/aromatic N) is 2. The van der Waals surface area contributed by atoms with Gasteiger partial charge in [0.25, 0.3) is 5.56 Å². The zero-order valence-electron chi connectivity index (χ0n) is 16.9. The topological polar surface area (TPSA) is 93.5 Å². The van der Waals surface area contributed by atoms with Crippen molar-refractivity contribution in [1.82, 2.24) is 9.55 Å². The standard InChI is InChI=1S/C22H20ClN3O4S/c1-26-20-19(21(29)25-22(26)31-11-12-4-3-5-14(23)8-12)15(10-18(28)24-20)13-6-7-17(30-2)16(27)9-13/h3-9,15,27H,10-11H2,1-2H3,(H,24,28)/t15-/m0/s1. The number of thioether (sulfide) groups is 1. The third-order valence-electron chi connectivity index (χ3n) is 5.16. The molecule has 1 amide bonds. The van der Waals surface area contributed by atoms with Gasteiger partial charge in [-0.1, -0.05) is 41.6 Å². The van der Waals surface area contributed by atoms with Gasteiger partial charge in [-0.15, -0.1) is 0 Å². The summed E-state index contributed by atoms with van der Waals surface area (Å²) in [5, 5.41) is 14.1. The van der Waals surface area contributed by atoms with Gasteiger partial charge >= 0.3 is 0 Å². The highest BCUT2D eigenvalue weighted by Gasteiger charge is 2.32. The third-order valence-corrected chi connectivity index (χ3v) is 6.50. The molecule has 31 heavy (non-hydrogen) atoms. The van der Waals surface area contributed by atoms with E-state index in [4.69, 9.17) is 16.3 Å². The smallest absolute Gasteiger partial charge is 0.279 e. The van der Waals surface area contributed by atoms with E-state index >= 15 is 0 Å². The molecule has 9 heteroatoms. The fourth-order valence-corrected chi connectivity index (χ4v) is 4.77. The van der Waals surface area contributed by atoms with E-state index in [0.29, 0.717) is 38.6 Å². The number of phenols is 1. The molecule has 1 aliphatic heterocycles. The number of phenolic OH excluding ortho intramolecular Hbond substituents is 1. The highest BCUT2D eigenvalue weighted by molar-refractivity contribution is 7.98. The fraction of sp³-hybridized carbons (Fsp3) is 0.227. The minimum absolute atomic E-state index is 0.0500. The lowest BCUT2D eigenvalue weighted by atomic mass is 9.86. The lowest BCUT2D eigenvalue weighted by Crippen LogP contribution is -2.33.